The van der Waals surface area contributed by atoms with Gasteiger partial charge in [0.2, 0.25) is 0 Å². The van der Waals surface area contributed by atoms with Crippen LogP contribution in [0.5, 0.6) is 5.75 Å². The minimum absolute atomic E-state index is 0.0648. The second-order valence-corrected chi connectivity index (χ2v) is 3.98. The summed E-state index contributed by atoms with van der Waals surface area (Å²) in [5.74, 6) is -0.323. The highest BCUT2D eigenvalue weighted by Crippen LogP contribution is 2.18. The van der Waals surface area contributed by atoms with Crippen LogP contribution in [-0.2, 0) is 4.74 Å². The van der Waals surface area contributed by atoms with Crippen LogP contribution in [0.4, 0.5) is 26.1 Å². The van der Waals surface area contributed by atoms with E-state index in [4.69, 9.17) is 4.74 Å². The SMILES string of the molecule is F[B-](F)(F)c1ccccc1OCCCOCC(F)(F)F. The van der Waals surface area contributed by atoms with Crippen molar-refractivity contribution in [1.29, 1.82) is 0 Å². The number of alkyl halides is 3. The van der Waals surface area contributed by atoms with E-state index in [1.165, 1.54) is 18.2 Å². The molecular weight excluding hydrogens is 289 g/mol. The maximum atomic E-state index is 12.6. The largest absolute Gasteiger partial charge is 0.513 e. The first-order valence-corrected chi connectivity index (χ1v) is 5.76. The van der Waals surface area contributed by atoms with Crippen molar-refractivity contribution < 1.29 is 35.6 Å². The van der Waals surface area contributed by atoms with Gasteiger partial charge in [-0.25, -0.2) is 0 Å². The van der Waals surface area contributed by atoms with E-state index in [0.29, 0.717) is 0 Å². The predicted molar refractivity (Wildman–Crippen MR) is 62.1 cm³/mol. The van der Waals surface area contributed by atoms with E-state index in [9.17, 15) is 26.1 Å². The maximum absolute atomic E-state index is 12.6. The van der Waals surface area contributed by atoms with Gasteiger partial charge in [0.25, 0.3) is 0 Å². The standard InChI is InChI=1S/C11H12BF6O2/c13-11(14,15)8-19-6-3-7-20-10-5-2-1-4-9(10)12(16,17)18/h1-2,4-5H,3,6-8H2/q-1. The van der Waals surface area contributed by atoms with Crippen LogP contribution in [0.25, 0.3) is 0 Å². The van der Waals surface area contributed by atoms with Gasteiger partial charge >= 0.3 is 13.2 Å². The van der Waals surface area contributed by atoms with Gasteiger partial charge in [0.15, 0.2) is 0 Å². The average Bonchev–Trinajstić information content (AvgIpc) is 2.31. The third kappa shape index (κ3) is 6.18. The summed E-state index contributed by atoms with van der Waals surface area (Å²) in [5, 5.41) is 0. The minimum atomic E-state index is -5.19. The number of halogens is 6. The third-order valence-electron chi connectivity index (χ3n) is 2.23. The van der Waals surface area contributed by atoms with Crippen LogP contribution in [-0.4, -0.2) is 33.0 Å². The zero-order valence-corrected chi connectivity index (χ0v) is 10.3. The molecule has 1 aromatic carbocycles. The van der Waals surface area contributed by atoms with E-state index in [1.54, 1.807) is 0 Å². The molecule has 20 heavy (non-hydrogen) atoms. The molecule has 0 saturated carbocycles. The molecule has 0 aliphatic carbocycles. The molecule has 0 aliphatic heterocycles. The summed E-state index contributed by atoms with van der Waals surface area (Å²) >= 11 is 0. The second kappa shape index (κ2) is 6.87. The van der Waals surface area contributed by atoms with Gasteiger partial charge in [-0.3, -0.25) is 0 Å². The fourth-order valence-corrected chi connectivity index (χ4v) is 1.41. The van der Waals surface area contributed by atoms with Crippen molar-refractivity contribution in [2.75, 3.05) is 19.8 Å². The molecule has 0 radical (unpaired) electrons. The van der Waals surface area contributed by atoms with Gasteiger partial charge in [-0.2, -0.15) is 13.2 Å². The fourth-order valence-electron chi connectivity index (χ4n) is 1.41. The van der Waals surface area contributed by atoms with Gasteiger partial charge in [-0.1, -0.05) is 23.7 Å². The Morgan fingerprint density at radius 1 is 1.00 bits per heavy atom. The highest BCUT2D eigenvalue weighted by molar-refractivity contribution is 6.74. The molecule has 0 heterocycles. The Bertz CT molecular complexity index is 418. The summed E-state index contributed by atoms with van der Waals surface area (Å²) < 4.78 is 82.4. The van der Waals surface area contributed by atoms with Gasteiger partial charge in [0.05, 0.1) is 19.0 Å². The molecule has 0 aromatic heterocycles. The summed E-state index contributed by atoms with van der Waals surface area (Å²) in [6, 6.07) is 4.70. The number of hydrogen-bond acceptors (Lipinski definition) is 2. The van der Waals surface area contributed by atoms with Gasteiger partial charge < -0.3 is 22.4 Å². The van der Waals surface area contributed by atoms with Crippen molar-refractivity contribution in [2.24, 2.45) is 0 Å². The molecule has 0 aliphatic rings. The molecule has 0 amide bonds. The summed E-state index contributed by atoms with van der Waals surface area (Å²) in [5.41, 5.74) is -0.858. The van der Waals surface area contributed by atoms with Crippen LogP contribution in [0.2, 0.25) is 0 Å². The highest BCUT2D eigenvalue weighted by atomic mass is 19.4. The number of rotatable bonds is 7. The number of para-hydroxylation sites is 1. The van der Waals surface area contributed by atoms with Gasteiger partial charge in [-0.05, 0) is 6.07 Å². The van der Waals surface area contributed by atoms with Crippen molar-refractivity contribution in [2.45, 2.75) is 12.6 Å². The average molecular weight is 301 g/mol. The van der Waals surface area contributed by atoms with Crippen LogP contribution in [0.1, 0.15) is 6.42 Å². The monoisotopic (exact) mass is 301 g/mol. The molecule has 0 atom stereocenters. The minimum Gasteiger partial charge on any atom is -0.496 e. The predicted octanol–water partition coefficient (Wildman–Crippen LogP) is 3.09. The zero-order valence-electron chi connectivity index (χ0n) is 10.3. The van der Waals surface area contributed by atoms with Crippen molar-refractivity contribution >= 4 is 12.4 Å². The van der Waals surface area contributed by atoms with Crippen molar-refractivity contribution in [3.05, 3.63) is 24.3 Å². The van der Waals surface area contributed by atoms with E-state index < -0.39 is 25.2 Å². The third-order valence-corrected chi connectivity index (χ3v) is 2.23. The Morgan fingerprint density at radius 3 is 2.25 bits per heavy atom. The molecule has 1 rings (SSSR count). The van der Waals surface area contributed by atoms with Crippen molar-refractivity contribution in [3.63, 3.8) is 0 Å². The molecular formula is C11H12BF6O2-. The van der Waals surface area contributed by atoms with E-state index in [2.05, 4.69) is 4.74 Å². The Kier molecular flexibility index (Phi) is 5.73. The number of ether oxygens (including phenoxy) is 2. The summed E-state index contributed by atoms with van der Waals surface area (Å²) in [6.07, 6.45) is -4.35. The number of hydrogen-bond donors (Lipinski definition) is 0. The lowest BCUT2D eigenvalue weighted by Gasteiger charge is -2.19. The van der Waals surface area contributed by atoms with Crippen LogP contribution in [0.3, 0.4) is 0 Å². The zero-order chi connectivity index (χ0) is 15.2. The molecule has 0 fully saturated rings. The van der Waals surface area contributed by atoms with Crippen LogP contribution < -0.4 is 10.2 Å². The van der Waals surface area contributed by atoms with Crippen LogP contribution in [0.15, 0.2) is 24.3 Å². The first kappa shape index (κ1) is 16.7. The smallest absolute Gasteiger partial charge is 0.496 e. The summed E-state index contributed by atoms with van der Waals surface area (Å²) in [7, 11) is 0. The van der Waals surface area contributed by atoms with Crippen LogP contribution in [0, 0.1) is 0 Å². The molecule has 1 aromatic rings. The Labute approximate surface area is 111 Å². The highest BCUT2D eigenvalue weighted by Gasteiger charge is 2.29. The molecule has 0 spiro atoms. The summed E-state index contributed by atoms with van der Waals surface area (Å²) in [6.45, 7) is -6.96. The Balaban J connectivity index is 2.36. The lowest BCUT2D eigenvalue weighted by atomic mass is 9.79. The second-order valence-electron chi connectivity index (χ2n) is 3.98. The molecule has 114 valence electrons. The first-order valence-electron chi connectivity index (χ1n) is 5.76. The van der Waals surface area contributed by atoms with E-state index in [-0.39, 0.29) is 25.4 Å². The molecule has 0 bridgehead atoms. The molecule has 0 N–H and O–H groups in total. The quantitative estimate of drug-likeness (QED) is 0.438. The number of benzene rings is 1. The van der Waals surface area contributed by atoms with Gasteiger partial charge in [-0.15, -0.1) is 0 Å². The van der Waals surface area contributed by atoms with E-state index in [1.807, 2.05) is 0 Å². The van der Waals surface area contributed by atoms with Crippen molar-refractivity contribution in [1.82, 2.24) is 0 Å². The Morgan fingerprint density at radius 2 is 1.65 bits per heavy atom. The fraction of sp³-hybridized carbons (Fsp3) is 0.455. The lowest BCUT2D eigenvalue weighted by Crippen LogP contribution is -2.35. The summed E-state index contributed by atoms with van der Waals surface area (Å²) in [4.78, 5) is 0. The lowest BCUT2D eigenvalue weighted by molar-refractivity contribution is -0.174. The van der Waals surface area contributed by atoms with Gasteiger partial charge in [0.1, 0.15) is 6.61 Å². The van der Waals surface area contributed by atoms with Crippen molar-refractivity contribution in [3.8, 4) is 5.75 Å². The topological polar surface area (TPSA) is 18.5 Å². The molecule has 2 nitrogen and oxygen atoms in total. The molecule has 9 heteroatoms. The molecule has 0 unspecified atom stereocenters. The normalized spacial score (nSPS) is 12.5. The maximum Gasteiger partial charge on any atom is 0.513 e. The Hall–Kier alpha value is -1.38. The van der Waals surface area contributed by atoms with E-state index in [0.717, 1.165) is 6.07 Å². The van der Waals surface area contributed by atoms with E-state index >= 15 is 0 Å². The van der Waals surface area contributed by atoms with Gasteiger partial charge in [0, 0.05) is 6.42 Å². The first-order chi connectivity index (χ1) is 9.20. The molecule has 0 saturated heterocycles. The van der Waals surface area contributed by atoms with Crippen LogP contribution >= 0.6 is 0 Å².